The van der Waals surface area contributed by atoms with E-state index in [1.807, 2.05) is 30.0 Å². The number of rotatable bonds is 3. The molecule has 0 aliphatic carbocycles. The van der Waals surface area contributed by atoms with E-state index in [9.17, 15) is 4.79 Å². The van der Waals surface area contributed by atoms with Gasteiger partial charge in [0.2, 0.25) is 5.76 Å². The summed E-state index contributed by atoms with van der Waals surface area (Å²) in [6.07, 6.45) is 3.00. The van der Waals surface area contributed by atoms with Crippen molar-refractivity contribution in [2.45, 2.75) is 32.2 Å². The lowest BCUT2D eigenvalue weighted by atomic mass is 10.0. The van der Waals surface area contributed by atoms with Crippen molar-refractivity contribution in [3.8, 4) is 0 Å². The van der Waals surface area contributed by atoms with E-state index < -0.39 is 0 Å². The summed E-state index contributed by atoms with van der Waals surface area (Å²) in [5, 5.41) is 3.80. The molecule has 1 saturated heterocycles. The number of amides is 1. The average Bonchev–Trinajstić information content (AvgIpc) is 3.08. The summed E-state index contributed by atoms with van der Waals surface area (Å²) in [7, 11) is 0. The number of hydrogen-bond donors (Lipinski definition) is 0. The van der Waals surface area contributed by atoms with E-state index in [4.69, 9.17) is 4.52 Å². The molecule has 0 radical (unpaired) electrons. The van der Waals surface area contributed by atoms with Gasteiger partial charge in [-0.25, -0.2) is 0 Å². The molecule has 2 aromatic rings. The van der Waals surface area contributed by atoms with E-state index in [0.717, 1.165) is 31.5 Å². The van der Waals surface area contributed by atoms with E-state index in [2.05, 4.69) is 17.3 Å². The van der Waals surface area contributed by atoms with E-state index >= 15 is 0 Å². The Bertz CT molecular complexity index is 592. The Hall–Kier alpha value is -2.10. The van der Waals surface area contributed by atoms with Gasteiger partial charge in [0, 0.05) is 18.7 Å². The van der Waals surface area contributed by atoms with Gasteiger partial charge in [0.25, 0.3) is 5.91 Å². The Kier molecular flexibility index (Phi) is 3.54. The van der Waals surface area contributed by atoms with E-state index in [-0.39, 0.29) is 11.9 Å². The lowest BCUT2D eigenvalue weighted by Gasteiger charge is -2.23. The van der Waals surface area contributed by atoms with Gasteiger partial charge in [0.15, 0.2) is 0 Å². The van der Waals surface area contributed by atoms with E-state index in [1.165, 1.54) is 5.56 Å². The summed E-state index contributed by atoms with van der Waals surface area (Å²) < 4.78 is 5.10. The van der Waals surface area contributed by atoms with Gasteiger partial charge in [0.1, 0.15) is 0 Å². The van der Waals surface area contributed by atoms with Crippen LogP contribution in [0.5, 0.6) is 0 Å². The zero-order chi connectivity index (χ0) is 13.9. The minimum Gasteiger partial charge on any atom is -0.351 e. The molecule has 1 aliphatic rings. The van der Waals surface area contributed by atoms with E-state index in [0.29, 0.717) is 5.76 Å². The zero-order valence-electron chi connectivity index (χ0n) is 11.6. The van der Waals surface area contributed by atoms with Crippen LogP contribution in [-0.4, -0.2) is 28.6 Å². The molecular formula is C16H18N2O2. The highest BCUT2D eigenvalue weighted by atomic mass is 16.5. The molecule has 1 fully saturated rings. The largest absolute Gasteiger partial charge is 0.351 e. The van der Waals surface area contributed by atoms with Crippen LogP contribution in [0.25, 0.3) is 0 Å². The molecule has 4 nitrogen and oxygen atoms in total. The number of carbonyl (C=O) groups is 1. The lowest BCUT2D eigenvalue weighted by Crippen LogP contribution is -2.36. The summed E-state index contributed by atoms with van der Waals surface area (Å²) in [5.74, 6) is 0.312. The summed E-state index contributed by atoms with van der Waals surface area (Å²) in [6, 6.07) is 12.3. The number of hydrogen-bond acceptors (Lipinski definition) is 3. The van der Waals surface area contributed by atoms with Crippen molar-refractivity contribution in [1.82, 2.24) is 10.1 Å². The van der Waals surface area contributed by atoms with Crippen LogP contribution in [0, 0.1) is 6.92 Å². The SMILES string of the molecule is Cc1cc(C(=O)N2CCCC2Cc2ccccc2)on1. The smallest absolute Gasteiger partial charge is 0.292 e. The Morgan fingerprint density at radius 1 is 1.40 bits per heavy atom. The van der Waals surface area contributed by atoms with Gasteiger partial charge in [-0.05, 0) is 31.7 Å². The van der Waals surface area contributed by atoms with Crippen LogP contribution >= 0.6 is 0 Å². The van der Waals surface area contributed by atoms with Crippen LogP contribution < -0.4 is 0 Å². The molecule has 1 aromatic heterocycles. The maximum Gasteiger partial charge on any atom is 0.292 e. The molecule has 2 heterocycles. The first kappa shape index (κ1) is 12.9. The number of likely N-dealkylation sites (tertiary alicyclic amines) is 1. The number of carbonyl (C=O) groups excluding carboxylic acids is 1. The van der Waals surface area contributed by atoms with Gasteiger partial charge >= 0.3 is 0 Å². The number of nitrogens with zero attached hydrogens (tertiary/aromatic N) is 2. The zero-order valence-corrected chi connectivity index (χ0v) is 11.6. The Morgan fingerprint density at radius 2 is 2.20 bits per heavy atom. The Balaban J connectivity index is 1.74. The molecule has 0 spiro atoms. The molecule has 1 amide bonds. The predicted octanol–water partition coefficient (Wildman–Crippen LogP) is 2.83. The lowest BCUT2D eigenvalue weighted by molar-refractivity contribution is 0.0694. The topological polar surface area (TPSA) is 46.3 Å². The van der Waals surface area contributed by atoms with Crippen LogP contribution in [0.3, 0.4) is 0 Å². The molecule has 104 valence electrons. The first-order valence-electron chi connectivity index (χ1n) is 7.02. The third-order valence-electron chi connectivity index (χ3n) is 3.79. The molecular weight excluding hydrogens is 252 g/mol. The maximum atomic E-state index is 12.5. The number of aryl methyl sites for hydroxylation is 1. The second kappa shape index (κ2) is 5.49. The van der Waals surface area contributed by atoms with Gasteiger partial charge in [-0.2, -0.15) is 0 Å². The van der Waals surface area contributed by atoms with Crippen LogP contribution in [-0.2, 0) is 6.42 Å². The van der Waals surface area contributed by atoms with Gasteiger partial charge in [-0.15, -0.1) is 0 Å². The average molecular weight is 270 g/mol. The monoisotopic (exact) mass is 270 g/mol. The highest BCUT2D eigenvalue weighted by molar-refractivity contribution is 5.91. The third-order valence-corrected chi connectivity index (χ3v) is 3.79. The Labute approximate surface area is 118 Å². The number of benzene rings is 1. The predicted molar refractivity (Wildman–Crippen MR) is 75.4 cm³/mol. The van der Waals surface area contributed by atoms with Crippen molar-refractivity contribution in [3.63, 3.8) is 0 Å². The van der Waals surface area contributed by atoms with Crippen molar-refractivity contribution in [3.05, 3.63) is 53.4 Å². The molecule has 1 aliphatic heterocycles. The van der Waals surface area contributed by atoms with Crippen molar-refractivity contribution < 1.29 is 9.32 Å². The molecule has 0 bridgehead atoms. The fraction of sp³-hybridized carbons (Fsp3) is 0.375. The fourth-order valence-electron chi connectivity index (χ4n) is 2.81. The summed E-state index contributed by atoms with van der Waals surface area (Å²) in [4.78, 5) is 14.4. The summed E-state index contributed by atoms with van der Waals surface area (Å²) >= 11 is 0. The first-order valence-corrected chi connectivity index (χ1v) is 7.02. The molecule has 1 unspecified atom stereocenters. The van der Waals surface area contributed by atoms with Gasteiger partial charge in [-0.3, -0.25) is 4.79 Å². The normalized spacial score (nSPS) is 18.4. The van der Waals surface area contributed by atoms with Crippen LogP contribution in [0.4, 0.5) is 0 Å². The van der Waals surface area contributed by atoms with Gasteiger partial charge in [0.05, 0.1) is 5.69 Å². The van der Waals surface area contributed by atoms with Crippen molar-refractivity contribution in [2.24, 2.45) is 0 Å². The molecule has 3 rings (SSSR count). The second-order valence-electron chi connectivity index (χ2n) is 5.32. The molecule has 1 atom stereocenters. The van der Waals surface area contributed by atoms with Crippen LogP contribution in [0.1, 0.15) is 34.7 Å². The summed E-state index contributed by atoms with van der Waals surface area (Å²) in [6.45, 7) is 2.63. The molecule has 0 saturated carbocycles. The van der Waals surface area contributed by atoms with Gasteiger partial charge < -0.3 is 9.42 Å². The minimum atomic E-state index is -0.0379. The van der Waals surface area contributed by atoms with Gasteiger partial charge in [-0.1, -0.05) is 35.5 Å². The minimum absolute atomic E-state index is 0.0379. The van der Waals surface area contributed by atoms with Crippen LogP contribution in [0.15, 0.2) is 40.9 Å². The quantitative estimate of drug-likeness (QED) is 0.861. The van der Waals surface area contributed by atoms with Crippen molar-refractivity contribution in [2.75, 3.05) is 6.54 Å². The highest BCUT2D eigenvalue weighted by Crippen LogP contribution is 2.23. The van der Waals surface area contributed by atoms with Crippen LogP contribution in [0.2, 0.25) is 0 Å². The highest BCUT2D eigenvalue weighted by Gasteiger charge is 2.31. The van der Waals surface area contributed by atoms with Crippen molar-refractivity contribution >= 4 is 5.91 Å². The standard InChI is InChI=1S/C16H18N2O2/c1-12-10-15(20-17-12)16(19)18-9-5-8-14(18)11-13-6-3-2-4-7-13/h2-4,6-7,10,14H,5,8-9,11H2,1H3. The van der Waals surface area contributed by atoms with E-state index in [1.54, 1.807) is 6.07 Å². The fourth-order valence-corrected chi connectivity index (χ4v) is 2.81. The second-order valence-corrected chi connectivity index (χ2v) is 5.32. The molecule has 4 heteroatoms. The number of aromatic nitrogens is 1. The molecule has 0 N–H and O–H groups in total. The summed E-state index contributed by atoms with van der Waals surface area (Å²) in [5.41, 5.74) is 2.01. The first-order chi connectivity index (χ1) is 9.74. The third kappa shape index (κ3) is 2.59. The Morgan fingerprint density at radius 3 is 2.90 bits per heavy atom. The maximum absolute atomic E-state index is 12.5. The molecule has 1 aromatic carbocycles. The van der Waals surface area contributed by atoms with Crippen molar-refractivity contribution in [1.29, 1.82) is 0 Å². The molecule has 20 heavy (non-hydrogen) atoms.